The summed E-state index contributed by atoms with van der Waals surface area (Å²) in [6, 6.07) is 0. The van der Waals surface area contributed by atoms with Crippen molar-refractivity contribution >= 4 is 16.3 Å². The van der Waals surface area contributed by atoms with Crippen LogP contribution in [0.5, 0.6) is 0 Å². The van der Waals surface area contributed by atoms with Crippen molar-refractivity contribution in [2.45, 2.75) is 33.7 Å². The minimum absolute atomic E-state index is 0.638. The van der Waals surface area contributed by atoms with Crippen molar-refractivity contribution in [1.29, 1.82) is 0 Å². The van der Waals surface area contributed by atoms with Crippen molar-refractivity contribution in [2.24, 2.45) is 5.92 Å². The summed E-state index contributed by atoms with van der Waals surface area (Å²) in [5, 5.41) is 5.60. The molecule has 1 N–H and O–H groups in total. The van der Waals surface area contributed by atoms with Crippen LogP contribution in [0.25, 0.3) is 10.8 Å². The summed E-state index contributed by atoms with van der Waals surface area (Å²) >= 11 is 1.66. The molecular weight excluding hydrogens is 282 g/mol. The van der Waals surface area contributed by atoms with Crippen molar-refractivity contribution in [3.8, 4) is 5.82 Å². The van der Waals surface area contributed by atoms with E-state index in [-0.39, 0.29) is 0 Å². The van der Waals surface area contributed by atoms with E-state index in [1.807, 2.05) is 12.4 Å². The lowest BCUT2D eigenvalue weighted by atomic mass is 10.2. The summed E-state index contributed by atoms with van der Waals surface area (Å²) in [6.07, 6.45) is 6.83. The number of aromatic nitrogens is 4. The molecule has 0 spiro atoms. The molecule has 0 radical (unpaired) electrons. The second kappa shape index (κ2) is 5.99. The molecule has 0 unspecified atom stereocenters. The van der Waals surface area contributed by atoms with Gasteiger partial charge in [-0.05, 0) is 12.5 Å². The highest BCUT2D eigenvalue weighted by molar-refractivity contribution is 7.15. The maximum absolute atomic E-state index is 4.79. The van der Waals surface area contributed by atoms with E-state index in [0.29, 0.717) is 5.92 Å². The third kappa shape index (κ3) is 2.73. The predicted octanol–water partition coefficient (Wildman–Crippen LogP) is 2.89. The highest BCUT2D eigenvalue weighted by Crippen LogP contribution is 2.22. The molecule has 0 bridgehead atoms. The van der Waals surface area contributed by atoms with Gasteiger partial charge >= 0.3 is 0 Å². The monoisotopic (exact) mass is 303 g/mol. The number of imidazole rings is 2. The fourth-order valence-corrected chi connectivity index (χ4v) is 3.17. The van der Waals surface area contributed by atoms with Gasteiger partial charge in [-0.1, -0.05) is 20.8 Å². The molecule has 0 amide bonds. The van der Waals surface area contributed by atoms with Crippen molar-refractivity contribution < 1.29 is 0 Å². The molecule has 112 valence electrons. The predicted molar refractivity (Wildman–Crippen MR) is 86.1 cm³/mol. The van der Waals surface area contributed by atoms with Gasteiger partial charge in [-0.25, -0.2) is 9.97 Å². The van der Waals surface area contributed by atoms with Crippen LogP contribution in [0, 0.1) is 5.92 Å². The zero-order chi connectivity index (χ0) is 14.8. The Kier molecular flexibility index (Phi) is 4.07. The van der Waals surface area contributed by atoms with Crippen molar-refractivity contribution in [2.75, 3.05) is 6.54 Å². The van der Waals surface area contributed by atoms with Gasteiger partial charge in [-0.15, -0.1) is 11.3 Å². The first-order chi connectivity index (χ1) is 10.2. The van der Waals surface area contributed by atoms with E-state index < -0.39 is 0 Å². The molecule has 3 heterocycles. The lowest BCUT2D eigenvalue weighted by Crippen LogP contribution is -2.21. The quantitative estimate of drug-likeness (QED) is 0.761. The summed E-state index contributed by atoms with van der Waals surface area (Å²) < 4.78 is 4.28. The first kappa shape index (κ1) is 14.3. The van der Waals surface area contributed by atoms with E-state index in [1.54, 1.807) is 11.3 Å². The second-order valence-electron chi connectivity index (χ2n) is 5.53. The SMILES string of the molecule is CCc1nccn1-c1nc2sccn2c1CNCC(C)C. The molecule has 0 aliphatic heterocycles. The Labute approximate surface area is 128 Å². The minimum Gasteiger partial charge on any atom is -0.311 e. The van der Waals surface area contributed by atoms with Gasteiger partial charge in [-0.3, -0.25) is 8.97 Å². The fourth-order valence-electron chi connectivity index (χ4n) is 2.45. The molecule has 21 heavy (non-hydrogen) atoms. The Morgan fingerprint density at radius 1 is 1.33 bits per heavy atom. The molecule has 0 fully saturated rings. The summed E-state index contributed by atoms with van der Waals surface area (Å²) in [5.41, 5.74) is 1.19. The number of nitrogens with zero attached hydrogens (tertiary/aromatic N) is 4. The van der Waals surface area contributed by atoms with Gasteiger partial charge in [0.1, 0.15) is 5.82 Å². The molecule has 3 aromatic heterocycles. The molecule has 3 rings (SSSR count). The fraction of sp³-hybridized carbons (Fsp3) is 0.467. The number of hydrogen-bond donors (Lipinski definition) is 1. The molecule has 0 atom stereocenters. The van der Waals surface area contributed by atoms with Crippen molar-refractivity contribution in [1.82, 2.24) is 24.3 Å². The van der Waals surface area contributed by atoms with E-state index in [0.717, 1.165) is 36.1 Å². The normalized spacial score (nSPS) is 11.8. The third-order valence-corrected chi connectivity index (χ3v) is 4.20. The van der Waals surface area contributed by atoms with Gasteiger partial charge in [0.2, 0.25) is 0 Å². The van der Waals surface area contributed by atoms with E-state index >= 15 is 0 Å². The molecule has 3 aromatic rings. The van der Waals surface area contributed by atoms with E-state index in [2.05, 4.69) is 51.6 Å². The van der Waals surface area contributed by atoms with Gasteiger partial charge in [0.05, 0.1) is 5.69 Å². The van der Waals surface area contributed by atoms with Crippen LogP contribution in [0.4, 0.5) is 0 Å². The van der Waals surface area contributed by atoms with Crippen molar-refractivity contribution in [3.05, 3.63) is 35.5 Å². The average molecular weight is 303 g/mol. The lowest BCUT2D eigenvalue weighted by Gasteiger charge is -2.10. The largest absolute Gasteiger partial charge is 0.311 e. The van der Waals surface area contributed by atoms with E-state index in [1.165, 1.54) is 5.69 Å². The highest BCUT2D eigenvalue weighted by atomic mass is 32.1. The van der Waals surface area contributed by atoms with Gasteiger partial charge in [0, 0.05) is 36.9 Å². The molecule has 5 nitrogen and oxygen atoms in total. The Bertz CT molecular complexity index is 721. The number of thiazole rings is 1. The molecule has 0 saturated heterocycles. The number of aryl methyl sites for hydroxylation is 1. The first-order valence-electron chi connectivity index (χ1n) is 7.38. The lowest BCUT2D eigenvalue weighted by molar-refractivity contribution is 0.546. The van der Waals surface area contributed by atoms with Gasteiger partial charge in [-0.2, -0.15) is 0 Å². The maximum atomic E-state index is 4.79. The van der Waals surface area contributed by atoms with Crippen LogP contribution in [-0.4, -0.2) is 25.5 Å². The molecule has 0 saturated carbocycles. The van der Waals surface area contributed by atoms with E-state index in [4.69, 9.17) is 4.98 Å². The molecule has 0 aliphatic rings. The number of hydrogen-bond acceptors (Lipinski definition) is 4. The number of nitrogens with one attached hydrogen (secondary N) is 1. The van der Waals surface area contributed by atoms with Gasteiger partial charge < -0.3 is 5.32 Å². The minimum atomic E-state index is 0.638. The van der Waals surface area contributed by atoms with Crippen LogP contribution >= 0.6 is 11.3 Å². The van der Waals surface area contributed by atoms with Gasteiger partial charge in [0.15, 0.2) is 10.8 Å². The van der Waals surface area contributed by atoms with Crippen LogP contribution in [0.2, 0.25) is 0 Å². The van der Waals surface area contributed by atoms with Crippen LogP contribution in [-0.2, 0) is 13.0 Å². The van der Waals surface area contributed by atoms with Crippen LogP contribution in [0.3, 0.4) is 0 Å². The Morgan fingerprint density at radius 2 is 2.19 bits per heavy atom. The first-order valence-corrected chi connectivity index (χ1v) is 8.26. The summed E-state index contributed by atoms with van der Waals surface area (Å²) in [4.78, 5) is 10.2. The smallest absolute Gasteiger partial charge is 0.195 e. The third-order valence-electron chi connectivity index (χ3n) is 3.45. The highest BCUT2D eigenvalue weighted by Gasteiger charge is 2.16. The summed E-state index contributed by atoms with van der Waals surface area (Å²) in [5.74, 6) is 2.68. The second-order valence-corrected chi connectivity index (χ2v) is 6.40. The zero-order valence-corrected chi connectivity index (χ0v) is 13.5. The van der Waals surface area contributed by atoms with Crippen LogP contribution in [0.15, 0.2) is 24.0 Å². The average Bonchev–Trinajstić information content (AvgIpc) is 3.13. The standard InChI is InChI=1S/C15H21N5S/c1-4-13-17-5-6-20(13)14-12(10-16-9-11(2)3)19-7-8-21-15(19)18-14/h5-8,11,16H,4,9-10H2,1-3H3. The topological polar surface area (TPSA) is 47.2 Å². The summed E-state index contributed by atoms with van der Waals surface area (Å²) in [6.45, 7) is 8.37. The number of rotatable bonds is 6. The molecule has 0 aromatic carbocycles. The van der Waals surface area contributed by atoms with E-state index in [9.17, 15) is 0 Å². The number of fused-ring (bicyclic) bond motifs is 1. The molecular formula is C15H21N5S. The molecule has 0 aliphatic carbocycles. The van der Waals surface area contributed by atoms with Crippen LogP contribution < -0.4 is 5.32 Å². The zero-order valence-electron chi connectivity index (χ0n) is 12.7. The van der Waals surface area contributed by atoms with Crippen molar-refractivity contribution in [3.63, 3.8) is 0 Å². The van der Waals surface area contributed by atoms with Crippen LogP contribution in [0.1, 0.15) is 32.3 Å². The Hall–Kier alpha value is -1.66. The Balaban J connectivity index is 1.99. The van der Waals surface area contributed by atoms with Gasteiger partial charge in [0.25, 0.3) is 0 Å². The Morgan fingerprint density at radius 3 is 2.95 bits per heavy atom. The maximum Gasteiger partial charge on any atom is 0.195 e. The summed E-state index contributed by atoms with van der Waals surface area (Å²) in [7, 11) is 0. The molecule has 6 heteroatoms.